The van der Waals surface area contributed by atoms with E-state index in [1.165, 1.54) is 6.07 Å². The van der Waals surface area contributed by atoms with Gasteiger partial charge in [-0.25, -0.2) is 13.2 Å². The van der Waals surface area contributed by atoms with Crippen molar-refractivity contribution < 1.29 is 18.3 Å². The molecule has 2 aromatic rings. The zero-order valence-corrected chi connectivity index (χ0v) is 14.3. The second-order valence-corrected chi connectivity index (χ2v) is 7.62. The van der Waals surface area contributed by atoms with Crippen LogP contribution in [0.15, 0.2) is 59.5 Å². The van der Waals surface area contributed by atoms with Crippen molar-refractivity contribution in [3.05, 3.63) is 65.7 Å². The Kier molecular flexibility index (Phi) is 6.11. The van der Waals surface area contributed by atoms with E-state index >= 15 is 0 Å². The van der Waals surface area contributed by atoms with E-state index in [0.29, 0.717) is 17.9 Å². The van der Waals surface area contributed by atoms with E-state index < -0.39 is 15.8 Å². The molecule has 2 aromatic carbocycles. The van der Waals surface area contributed by atoms with Crippen LogP contribution in [0.1, 0.15) is 29.3 Å². The summed E-state index contributed by atoms with van der Waals surface area (Å²) in [5, 5.41) is 12.2. The largest absolute Gasteiger partial charge is 0.478 e. The first-order valence-corrected chi connectivity index (χ1v) is 9.41. The minimum atomic E-state index is -3.35. The van der Waals surface area contributed by atoms with Gasteiger partial charge in [0.25, 0.3) is 0 Å². The monoisotopic (exact) mass is 347 g/mol. The number of carbonyl (C=O) groups is 1. The molecule has 24 heavy (non-hydrogen) atoms. The molecule has 1 unspecified atom stereocenters. The molecule has 0 aromatic heterocycles. The second kappa shape index (κ2) is 8.08. The van der Waals surface area contributed by atoms with E-state index in [2.05, 4.69) is 5.32 Å². The third-order valence-electron chi connectivity index (χ3n) is 3.78. The topological polar surface area (TPSA) is 83.5 Å². The van der Waals surface area contributed by atoms with Gasteiger partial charge >= 0.3 is 5.97 Å². The maximum absolute atomic E-state index is 12.4. The molecule has 0 radical (unpaired) electrons. The van der Waals surface area contributed by atoms with Gasteiger partial charge in [-0.05, 0) is 36.2 Å². The quantitative estimate of drug-likeness (QED) is 0.767. The van der Waals surface area contributed by atoms with Crippen LogP contribution >= 0.6 is 0 Å². The number of rotatable bonds is 8. The first-order chi connectivity index (χ1) is 11.4. The minimum absolute atomic E-state index is 0.00609. The Bertz CT molecular complexity index is 788. The van der Waals surface area contributed by atoms with Gasteiger partial charge in [-0.3, -0.25) is 0 Å². The van der Waals surface area contributed by atoms with Crippen LogP contribution in [0.25, 0.3) is 0 Å². The number of nitrogens with one attached hydrogen (secondary N) is 1. The molecule has 0 heterocycles. The molecule has 6 heteroatoms. The third-order valence-corrected chi connectivity index (χ3v) is 5.62. The molecule has 0 fully saturated rings. The summed E-state index contributed by atoms with van der Waals surface area (Å²) in [6.45, 7) is 2.34. The van der Waals surface area contributed by atoms with E-state index in [4.69, 9.17) is 5.11 Å². The fourth-order valence-electron chi connectivity index (χ4n) is 2.39. The van der Waals surface area contributed by atoms with Gasteiger partial charge < -0.3 is 10.4 Å². The second-order valence-electron chi connectivity index (χ2n) is 5.59. The van der Waals surface area contributed by atoms with Crippen molar-refractivity contribution in [2.45, 2.75) is 30.8 Å². The molecule has 5 nitrogen and oxygen atoms in total. The molecule has 0 saturated carbocycles. The third kappa shape index (κ3) is 4.91. The lowest BCUT2D eigenvalue weighted by atomic mass is 10.1. The normalized spacial score (nSPS) is 12.7. The maximum Gasteiger partial charge on any atom is 0.335 e. The number of hydrogen-bond acceptors (Lipinski definition) is 4. The van der Waals surface area contributed by atoms with Crippen LogP contribution in [0.4, 0.5) is 0 Å². The summed E-state index contributed by atoms with van der Waals surface area (Å²) in [4.78, 5) is 11.3. The van der Waals surface area contributed by atoms with Gasteiger partial charge in [0.1, 0.15) is 0 Å². The highest BCUT2D eigenvalue weighted by atomic mass is 32.2. The van der Waals surface area contributed by atoms with Gasteiger partial charge in [0, 0.05) is 12.6 Å². The number of benzene rings is 2. The highest BCUT2D eigenvalue weighted by Gasteiger charge is 2.19. The van der Waals surface area contributed by atoms with E-state index in [1.54, 1.807) is 42.5 Å². The van der Waals surface area contributed by atoms with Crippen LogP contribution in [-0.4, -0.2) is 31.3 Å². The van der Waals surface area contributed by atoms with Crippen LogP contribution in [-0.2, 0) is 16.4 Å². The van der Waals surface area contributed by atoms with E-state index in [-0.39, 0.29) is 17.4 Å². The van der Waals surface area contributed by atoms with Gasteiger partial charge in [0.15, 0.2) is 9.84 Å². The van der Waals surface area contributed by atoms with Gasteiger partial charge in [-0.1, -0.05) is 37.3 Å². The minimum Gasteiger partial charge on any atom is -0.478 e. The molecule has 0 aliphatic heterocycles. The summed E-state index contributed by atoms with van der Waals surface area (Å²) in [5.74, 6) is -0.970. The van der Waals surface area contributed by atoms with Crippen LogP contribution in [0.5, 0.6) is 0 Å². The van der Waals surface area contributed by atoms with Crippen LogP contribution in [0.3, 0.4) is 0 Å². The van der Waals surface area contributed by atoms with Crippen molar-refractivity contribution in [3.8, 4) is 0 Å². The summed E-state index contributed by atoms with van der Waals surface area (Å²) >= 11 is 0. The molecule has 2 N–H and O–H groups in total. The Morgan fingerprint density at radius 2 is 1.83 bits per heavy atom. The van der Waals surface area contributed by atoms with Crippen molar-refractivity contribution >= 4 is 15.8 Å². The maximum atomic E-state index is 12.4. The molecular weight excluding hydrogens is 326 g/mol. The number of carboxylic acid groups (broad SMARTS) is 1. The summed E-state index contributed by atoms with van der Waals surface area (Å²) < 4.78 is 24.9. The molecule has 1 atom stereocenters. The average Bonchev–Trinajstić information content (AvgIpc) is 2.59. The summed E-state index contributed by atoms with van der Waals surface area (Å²) in [6.07, 6.45) is 0.657. The Morgan fingerprint density at radius 1 is 1.12 bits per heavy atom. The molecule has 2 rings (SSSR count). The van der Waals surface area contributed by atoms with Crippen LogP contribution in [0.2, 0.25) is 0 Å². The molecule has 0 aliphatic carbocycles. The predicted octanol–water partition coefficient (Wildman–Crippen LogP) is 2.73. The zero-order chi connectivity index (χ0) is 17.6. The molecule has 0 spiro atoms. The number of aromatic carboxylic acids is 1. The van der Waals surface area contributed by atoms with Crippen LogP contribution < -0.4 is 5.32 Å². The van der Waals surface area contributed by atoms with Crippen molar-refractivity contribution in [3.63, 3.8) is 0 Å². The lowest BCUT2D eigenvalue weighted by Crippen LogP contribution is -2.34. The fraction of sp³-hybridized carbons (Fsp3) is 0.278. The highest BCUT2D eigenvalue weighted by molar-refractivity contribution is 7.91. The SMILES string of the molecule is CCC(CS(=O)(=O)c1ccccc1)NCc1cccc(C(=O)O)c1. The summed E-state index contributed by atoms with van der Waals surface area (Å²) in [7, 11) is -3.35. The van der Waals surface area contributed by atoms with E-state index in [1.807, 2.05) is 13.0 Å². The Hall–Kier alpha value is -2.18. The standard InChI is InChI=1S/C18H21NO4S/c1-2-16(13-24(22,23)17-9-4-3-5-10-17)19-12-14-7-6-8-15(11-14)18(20)21/h3-11,16,19H,2,12-13H2,1H3,(H,20,21). The molecule has 128 valence electrons. The Balaban J connectivity index is 2.02. The van der Waals surface area contributed by atoms with Crippen molar-refractivity contribution in [1.29, 1.82) is 0 Å². The van der Waals surface area contributed by atoms with Crippen LogP contribution in [0, 0.1) is 0 Å². The van der Waals surface area contributed by atoms with E-state index in [9.17, 15) is 13.2 Å². The predicted molar refractivity (Wildman–Crippen MR) is 92.8 cm³/mol. The molecular formula is C18H21NO4S. The van der Waals surface area contributed by atoms with Gasteiger partial charge in [0.2, 0.25) is 0 Å². The van der Waals surface area contributed by atoms with Crippen molar-refractivity contribution in [2.75, 3.05) is 5.75 Å². The number of carboxylic acids is 1. The summed E-state index contributed by atoms with van der Waals surface area (Å²) in [6, 6.07) is 14.8. The number of sulfone groups is 1. The first-order valence-electron chi connectivity index (χ1n) is 7.76. The zero-order valence-electron chi connectivity index (χ0n) is 13.5. The molecule has 0 amide bonds. The smallest absolute Gasteiger partial charge is 0.335 e. The Labute approximate surface area is 142 Å². The van der Waals surface area contributed by atoms with Crippen molar-refractivity contribution in [2.24, 2.45) is 0 Å². The van der Waals surface area contributed by atoms with Crippen molar-refractivity contribution in [1.82, 2.24) is 5.32 Å². The lowest BCUT2D eigenvalue weighted by molar-refractivity contribution is 0.0696. The summed E-state index contributed by atoms with van der Waals surface area (Å²) in [5.41, 5.74) is 1.03. The highest BCUT2D eigenvalue weighted by Crippen LogP contribution is 2.13. The fourth-order valence-corrected chi connectivity index (χ4v) is 4.03. The number of hydrogen-bond donors (Lipinski definition) is 2. The van der Waals surface area contributed by atoms with E-state index in [0.717, 1.165) is 5.56 Å². The lowest BCUT2D eigenvalue weighted by Gasteiger charge is -2.17. The van der Waals surface area contributed by atoms with Gasteiger partial charge in [-0.2, -0.15) is 0 Å². The molecule has 0 aliphatic rings. The first kappa shape index (κ1) is 18.2. The molecule has 0 saturated heterocycles. The van der Waals surface area contributed by atoms with Gasteiger partial charge in [0.05, 0.1) is 16.2 Å². The average molecular weight is 347 g/mol. The molecule has 0 bridgehead atoms. The Morgan fingerprint density at radius 3 is 2.46 bits per heavy atom. The van der Waals surface area contributed by atoms with Gasteiger partial charge in [-0.15, -0.1) is 0 Å².